The van der Waals surface area contributed by atoms with Gasteiger partial charge in [0.1, 0.15) is 5.82 Å². The van der Waals surface area contributed by atoms with E-state index in [0.29, 0.717) is 15.9 Å². The molecule has 0 amide bonds. The largest absolute Gasteiger partial charge is 0.383 e. The Labute approximate surface area is 147 Å². The number of rotatable bonds is 3. The SMILES string of the molecule is Nc1nc(N)c2cc(S(=O)(=O)Nc3ccc(Cl)c(Cl)c3)ccc2n1. The molecule has 0 fully saturated rings. The Hall–Kier alpha value is -2.29. The number of hydrogen-bond acceptors (Lipinski definition) is 6. The van der Waals surface area contributed by atoms with E-state index in [2.05, 4.69) is 14.7 Å². The minimum absolute atomic E-state index is 0.00106. The molecule has 0 radical (unpaired) electrons. The van der Waals surface area contributed by atoms with Crippen molar-refractivity contribution in [1.82, 2.24) is 9.97 Å². The van der Waals surface area contributed by atoms with Gasteiger partial charge in [-0.1, -0.05) is 23.2 Å². The summed E-state index contributed by atoms with van der Waals surface area (Å²) in [6, 6.07) is 8.70. The molecule has 0 bridgehead atoms. The Balaban J connectivity index is 2.03. The Morgan fingerprint density at radius 2 is 1.71 bits per heavy atom. The summed E-state index contributed by atoms with van der Waals surface area (Å²) < 4.78 is 27.5. The Kier molecular flexibility index (Phi) is 4.12. The summed E-state index contributed by atoms with van der Waals surface area (Å²) in [6.07, 6.45) is 0. The number of halogens is 2. The number of nitrogens with one attached hydrogen (secondary N) is 1. The second-order valence-corrected chi connectivity index (χ2v) is 7.38. The van der Waals surface area contributed by atoms with Crippen LogP contribution in [-0.4, -0.2) is 18.4 Å². The monoisotopic (exact) mass is 383 g/mol. The predicted octanol–water partition coefficient (Wildman–Crippen LogP) is 2.90. The van der Waals surface area contributed by atoms with Crippen molar-refractivity contribution in [3.8, 4) is 0 Å². The molecule has 24 heavy (non-hydrogen) atoms. The molecule has 0 saturated carbocycles. The molecular weight excluding hydrogens is 373 g/mol. The van der Waals surface area contributed by atoms with Gasteiger partial charge in [-0.25, -0.2) is 13.4 Å². The number of benzene rings is 2. The first-order valence-corrected chi connectivity index (χ1v) is 8.81. The molecule has 3 aromatic rings. The summed E-state index contributed by atoms with van der Waals surface area (Å²) in [5.41, 5.74) is 12.0. The van der Waals surface area contributed by atoms with Gasteiger partial charge in [-0.15, -0.1) is 0 Å². The topological polar surface area (TPSA) is 124 Å². The molecule has 0 unspecified atom stereocenters. The number of aromatic nitrogens is 2. The molecule has 0 aliphatic carbocycles. The van der Waals surface area contributed by atoms with E-state index in [1.165, 1.54) is 36.4 Å². The zero-order chi connectivity index (χ0) is 17.5. The van der Waals surface area contributed by atoms with Gasteiger partial charge in [0.05, 0.1) is 26.1 Å². The normalized spacial score (nSPS) is 11.6. The fourth-order valence-electron chi connectivity index (χ4n) is 2.09. The molecule has 0 spiro atoms. The number of fused-ring (bicyclic) bond motifs is 1. The van der Waals surface area contributed by atoms with Gasteiger partial charge < -0.3 is 11.5 Å². The maximum Gasteiger partial charge on any atom is 0.261 e. The zero-order valence-electron chi connectivity index (χ0n) is 12.0. The van der Waals surface area contributed by atoms with Crippen LogP contribution in [0.1, 0.15) is 0 Å². The number of nitrogens with two attached hydrogens (primary N) is 2. The smallest absolute Gasteiger partial charge is 0.261 e. The van der Waals surface area contributed by atoms with Gasteiger partial charge in [0.2, 0.25) is 5.95 Å². The second kappa shape index (κ2) is 5.97. The highest BCUT2D eigenvalue weighted by Gasteiger charge is 2.17. The molecule has 10 heteroatoms. The van der Waals surface area contributed by atoms with Gasteiger partial charge in [0.25, 0.3) is 10.0 Å². The van der Waals surface area contributed by atoms with E-state index >= 15 is 0 Å². The van der Waals surface area contributed by atoms with Gasteiger partial charge in [-0.3, -0.25) is 4.72 Å². The highest BCUT2D eigenvalue weighted by Crippen LogP contribution is 2.28. The standard InChI is InChI=1S/C14H11Cl2N5O2S/c15-10-3-1-7(5-11(10)16)21-24(22,23)8-2-4-12-9(6-8)13(17)20-14(18)19-12/h1-6,21H,(H4,17,18,19,20). The van der Waals surface area contributed by atoms with Crippen LogP contribution in [0.15, 0.2) is 41.3 Å². The van der Waals surface area contributed by atoms with Gasteiger partial charge in [0, 0.05) is 5.39 Å². The average molecular weight is 384 g/mol. The molecule has 3 rings (SSSR count). The van der Waals surface area contributed by atoms with E-state index in [0.717, 1.165) is 0 Å². The second-order valence-electron chi connectivity index (χ2n) is 4.88. The van der Waals surface area contributed by atoms with Gasteiger partial charge in [0.15, 0.2) is 0 Å². The molecule has 1 aromatic heterocycles. The van der Waals surface area contributed by atoms with Crippen LogP contribution in [0.3, 0.4) is 0 Å². The van der Waals surface area contributed by atoms with Crippen LogP contribution in [0.2, 0.25) is 10.0 Å². The van der Waals surface area contributed by atoms with Crippen LogP contribution in [0.4, 0.5) is 17.5 Å². The zero-order valence-corrected chi connectivity index (χ0v) is 14.3. The van der Waals surface area contributed by atoms with E-state index in [1.54, 1.807) is 0 Å². The van der Waals surface area contributed by atoms with E-state index in [9.17, 15) is 8.42 Å². The third-order valence-corrected chi connectivity index (χ3v) is 5.31. The van der Waals surface area contributed by atoms with Crippen molar-refractivity contribution >= 4 is 61.6 Å². The molecule has 0 atom stereocenters. The van der Waals surface area contributed by atoms with Crippen LogP contribution in [0.5, 0.6) is 0 Å². The Morgan fingerprint density at radius 1 is 0.958 bits per heavy atom. The van der Waals surface area contributed by atoms with Crippen molar-refractivity contribution in [3.63, 3.8) is 0 Å². The maximum atomic E-state index is 12.5. The molecular formula is C14H11Cl2N5O2S. The third kappa shape index (κ3) is 3.16. The van der Waals surface area contributed by atoms with Crippen molar-refractivity contribution in [2.75, 3.05) is 16.2 Å². The van der Waals surface area contributed by atoms with Crippen LogP contribution < -0.4 is 16.2 Å². The van der Waals surface area contributed by atoms with Gasteiger partial charge >= 0.3 is 0 Å². The minimum atomic E-state index is -3.86. The molecule has 124 valence electrons. The summed E-state index contributed by atoms with van der Waals surface area (Å²) in [5, 5.41) is 0.956. The molecule has 2 aromatic carbocycles. The highest BCUT2D eigenvalue weighted by molar-refractivity contribution is 7.92. The summed E-state index contributed by atoms with van der Waals surface area (Å²) in [5.74, 6) is 0.119. The number of hydrogen-bond donors (Lipinski definition) is 3. The Morgan fingerprint density at radius 3 is 2.42 bits per heavy atom. The predicted molar refractivity (Wildman–Crippen MR) is 95.6 cm³/mol. The van der Waals surface area contributed by atoms with Crippen molar-refractivity contribution in [2.24, 2.45) is 0 Å². The number of anilines is 3. The fraction of sp³-hybridized carbons (Fsp3) is 0. The lowest BCUT2D eigenvalue weighted by molar-refractivity contribution is 0.601. The van der Waals surface area contributed by atoms with Crippen molar-refractivity contribution in [1.29, 1.82) is 0 Å². The Bertz CT molecular complexity index is 1060. The third-order valence-electron chi connectivity index (χ3n) is 3.20. The van der Waals surface area contributed by atoms with E-state index < -0.39 is 10.0 Å². The van der Waals surface area contributed by atoms with E-state index in [4.69, 9.17) is 34.7 Å². The summed E-state index contributed by atoms with van der Waals surface area (Å²) in [4.78, 5) is 7.83. The molecule has 0 aliphatic rings. The molecule has 0 saturated heterocycles. The first-order chi connectivity index (χ1) is 11.3. The van der Waals surface area contributed by atoms with Crippen molar-refractivity contribution < 1.29 is 8.42 Å². The van der Waals surface area contributed by atoms with E-state index in [1.807, 2.05) is 0 Å². The summed E-state index contributed by atoms with van der Waals surface area (Å²) in [6.45, 7) is 0. The van der Waals surface area contributed by atoms with Crippen molar-refractivity contribution in [3.05, 3.63) is 46.4 Å². The number of nitrogen functional groups attached to an aromatic ring is 2. The van der Waals surface area contributed by atoms with Gasteiger partial charge in [-0.05, 0) is 36.4 Å². The lowest BCUT2D eigenvalue weighted by Gasteiger charge is -2.10. The molecule has 0 aliphatic heterocycles. The van der Waals surface area contributed by atoms with Crippen LogP contribution in [0.25, 0.3) is 10.9 Å². The lowest BCUT2D eigenvalue weighted by atomic mass is 10.2. The molecule has 1 heterocycles. The highest BCUT2D eigenvalue weighted by atomic mass is 35.5. The average Bonchev–Trinajstić information content (AvgIpc) is 2.50. The number of sulfonamides is 1. The van der Waals surface area contributed by atoms with Crippen LogP contribution >= 0.6 is 23.2 Å². The van der Waals surface area contributed by atoms with Crippen LogP contribution in [0, 0.1) is 0 Å². The fourth-order valence-corrected chi connectivity index (χ4v) is 3.46. The number of nitrogens with zero attached hydrogens (tertiary/aromatic N) is 2. The van der Waals surface area contributed by atoms with Crippen LogP contribution in [-0.2, 0) is 10.0 Å². The molecule has 7 nitrogen and oxygen atoms in total. The first-order valence-electron chi connectivity index (χ1n) is 6.57. The van der Waals surface area contributed by atoms with Gasteiger partial charge in [-0.2, -0.15) is 4.98 Å². The quantitative estimate of drug-likeness (QED) is 0.638. The first kappa shape index (κ1) is 16.6. The van der Waals surface area contributed by atoms with Crippen molar-refractivity contribution in [2.45, 2.75) is 4.90 Å². The summed E-state index contributed by atoms with van der Waals surface area (Å²) >= 11 is 11.7. The maximum absolute atomic E-state index is 12.5. The lowest BCUT2D eigenvalue weighted by Crippen LogP contribution is -2.13. The van der Waals surface area contributed by atoms with E-state index in [-0.39, 0.29) is 27.4 Å². The summed E-state index contributed by atoms with van der Waals surface area (Å²) in [7, 11) is -3.86. The molecule has 5 N–H and O–H groups in total. The minimum Gasteiger partial charge on any atom is -0.383 e.